The lowest BCUT2D eigenvalue weighted by Gasteiger charge is -2.51. The summed E-state index contributed by atoms with van der Waals surface area (Å²) in [5, 5.41) is 0. The highest BCUT2D eigenvalue weighted by atomic mass is 16.1. The van der Waals surface area contributed by atoms with Crippen molar-refractivity contribution in [2.75, 3.05) is 9.80 Å². The second kappa shape index (κ2) is 10.7. The van der Waals surface area contributed by atoms with Crippen molar-refractivity contribution in [3.05, 3.63) is 210 Å². The summed E-state index contributed by atoms with van der Waals surface area (Å²) in [5.74, 6) is -0.0403. The molecule has 4 heteroatoms. The van der Waals surface area contributed by atoms with Gasteiger partial charge in [-0.25, -0.2) is 0 Å². The van der Waals surface area contributed by atoms with Gasteiger partial charge in [-0.05, 0) is 95.1 Å². The van der Waals surface area contributed by atoms with Crippen molar-refractivity contribution >= 4 is 39.9 Å². The van der Waals surface area contributed by atoms with Crippen LogP contribution in [0.4, 0.5) is 34.1 Å². The first-order valence-corrected chi connectivity index (χ1v) is 15.8. The Hall–Kier alpha value is -6.26. The molecule has 6 aromatic carbocycles. The van der Waals surface area contributed by atoms with E-state index in [0.717, 1.165) is 34.1 Å². The Balaban J connectivity index is 1.29. The van der Waals surface area contributed by atoms with Gasteiger partial charge in [0.05, 0.1) is 28.2 Å². The van der Waals surface area contributed by atoms with Crippen LogP contribution < -0.4 is 9.80 Å². The maximum atomic E-state index is 13.2. The minimum atomic E-state index is -0.571. The standard InChI is InChI=1S/C43H29N3O/c47-42(31-13-12-28-44-29-31)30-24-26-33(27-25-30)46-40-22-10-6-18-36(40)43(37-19-7-11-23-41(37)46)34-16-4-8-20-38(34)45(32-14-2-1-3-15-32)39-21-9-5-17-35(39)43/h1-29H. The number of pyridine rings is 1. The third-order valence-corrected chi connectivity index (χ3v) is 9.52. The van der Waals surface area contributed by atoms with Gasteiger partial charge < -0.3 is 9.80 Å². The van der Waals surface area contributed by atoms with Crippen molar-refractivity contribution < 1.29 is 4.79 Å². The van der Waals surface area contributed by atoms with Crippen LogP contribution in [-0.4, -0.2) is 10.8 Å². The molecule has 2 aliphatic rings. The van der Waals surface area contributed by atoms with Gasteiger partial charge >= 0.3 is 0 Å². The van der Waals surface area contributed by atoms with Gasteiger partial charge in [-0.3, -0.25) is 9.78 Å². The first-order valence-electron chi connectivity index (χ1n) is 15.8. The number of anilines is 6. The summed E-state index contributed by atoms with van der Waals surface area (Å²) in [7, 11) is 0. The maximum absolute atomic E-state index is 13.2. The zero-order valence-corrected chi connectivity index (χ0v) is 25.5. The molecule has 9 rings (SSSR count). The summed E-state index contributed by atoms with van der Waals surface area (Å²) in [6.45, 7) is 0. The summed E-state index contributed by atoms with van der Waals surface area (Å²) in [6, 6.07) is 57.4. The fraction of sp³-hybridized carbons (Fsp3) is 0.0233. The van der Waals surface area contributed by atoms with Gasteiger partial charge in [0.1, 0.15) is 0 Å². The predicted molar refractivity (Wildman–Crippen MR) is 189 cm³/mol. The predicted octanol–water partition coefficient (Wildman–Crippen LogP) is 10.3. The van der Waals surface area contributed by atoms with E-state index in [1.54, 1.807) is 24.5 Å². The number of hydrogen-bond acceptors (Lipinski definition) is 4. The van der Waals surface area contributed by atoms with Crippen LogP contribution in [0.2, 0.25) is 0 Å². The molecular weight excluding hydrogens is 574 g/mol. The van der Waals surface area contributed by atoms with Crippen molar-refractivity contribution in [2.45, 2.75) is 5.41 Å². The molecule has 1 aromatic heterocycles. The highest BCUT2D eigenvalue weighted by molar-refractivity contribution is 6.09. The first-order chi connectivity index (χ1) is 23.3. The molecule has 0 atom stereocenters. The number of benzene rings is 6. The number of rotatable bonds is 4. The SMILES string of the molecule is O=C(c1ccc(N2c3ccccc3C3(c4ccccc4N(c4ccccc4)c4ccccc43)c3ccccc32)cc1)c1cccnc1. The van der Waals surface area contributed by atoms with Gasteiger partial charge in [0.25, 0.3) is 0 Å². The van der Waals surface area contributed by atoms with Gasteiger partial charge in [-0.1, -0.05) is 91.0 Å². The zero-order valence-electron chi connectivity index (χ0n) is 25.5. The minimum Gasteiger partial charge on any atom is -0.310 e. The van der Waals surface area contributed by atoms with Crippen LogP contribution in [0.1, 0.15) is 38.2 Å². The number of hydrogen-bond donors (Lipinski definition) is 0. The van der Waals surface area contributed by atoms with Crippen LogP contribution in [0, 0.1) is 0 Å². The second-order valence-electron chi connectivity index (χ2n) is 11.9. The van der Waals surface area contributed by atoms with Crippen molar-refractivity contribution in [3.8, 4) is 0 Å². The molecule has 0 amide bonds. The van der Waals surface area contributed by atoms with E-state index in [1.807, 2.05) is 12.1 Å². The lowest BCUT2D eigenvalue weighted by Crippen LogP contribution is -2.41. The van der Waals surface area contributed by atoms with Crippen LogP contribution in [-0.2, 0) is 5.41 Å². The molecule has 0 saturated carbocycles. The number of aromatic nitrogens is 1. The molecular formula is C43H29N3O. The highest BCUT2D eigenvalue weighted by Gasteiger charge is 2.51. The van der Waals surface area contributed by atoms with E-state index in [9.17, 15) is 4.79 Å². The van der Waals surface area contributed by atoms with Crippen LogP contribution in [0.5, 0.6) is 0 Å². The Morgan fingerprint density at radius 3 is 1.30 bits per heavy atom. The Kier molecular flexibility index (Phi) is 6.15. The molecule has 1 spiro atoms. The lowest BCUT2D eigenvalue weighted by molar-refractivity contribution is 0.103. The Bertz CT molecular complexity index is 2180. The summed E-state index contributed by atoms with van der Waals surface area (Å²) in [5.41, 5.74) is 12.2. The number of carbonyl (C=O) groups excluding carboxylic acids is 1. The van der Waals surface area contributed by atoms with Gasteiger partial charge in [0.15, 0.2) is 5.78 Å². The van der Waals surface area contributed by atoms with Crippen molar-refractivity contribution in [1.82, 2.24) is 4.98 Å². The van der Waals surface area contributed by atoms with Crippen molar-refractivity contribution in [2.24, 2.45) is 0 Å². The van der Waals surface area contributed by atoms with E-state index in [1.165, 1.54) is 22.3 Å². The number of nitrogens with zero attached hydrogens (tertiary/aromatic N) is 3. The third kappa shape index (κ3) is 3.95. The van der Waals surface area contributed by atoms with Crippen molar-refractivity contribution in [1.29, 1.82) is 0 Å². The maximum Gasteiger partial charge on any atom is 0.194 e. The monoisotopic (exact) mass is 603 g/mol. The van der Waals surface area contributed by atoms with Crippen LogP contribution >= 0.6 is 0 Å². The van der Waals surface area contributed by atoms with Crippen LogP contribution in [0.15, 0.2) is 176 Å². The third-order valence-electron chi connectivity index (χ3n) is 9.52. The molecule has 0 bridgehead atoms. The van der Waals surface area contributed by atoms with E-state index < -0.39 is 5.41 Å². The molecule has 0 aliphatic carbocycles. The molecule has 0 unspecified atom stereocenters. The van der Waals surface area contributed by atoms with E-state index in [4.69, 9.17) is 0 Å². The fourth-order valence-corrected chi connectivity index (χ4v) is 7.63. The average molecular weight is 604 g/mol. The van der Waals surface area contributed by atoms with E-state index in [2.05, 4.69) is 154 Å². The Morgan fingerprint density at radius 1 is 0.426 bits per heavy atom. The van der Waals surface area contributed by atoms with Gasteiger partial charge in [-0.2, -0.15) is 0 Å². The molecule has 7 aromatic rings. The lowest BCUT2D eigenvalue weighted by atomic mass is 9.60. The molecule has 0 radical (unpaired) electrons. The van der Waals surface area contributed by atoms with E-state index in [0.29, 0.717) is 11.1 Å². The molecule has 0 fully saturated rings. The first kappa shape index (κ1) is 27.1. The Labute approximate surface area is 273 Å². The van der Waals surface area contributed by atoms with Gasteiger partial charge in [0.2, 0.25) is 0 Å². The highest BCUT2D eigenvalue weighted by Crippen LogP contribution is 2.63. The second-order valence-corrected chi connectivity index (χ2v) is 11.9. The fourth-order valence-electron chi connectivity index (χ4n) is 7.63. The summed E-state index contributed by atoms with van der Waals surface area (Å²) >= 11 is 0. The number of fused-ring (bicyclic) bond motifs is 8. The normalized spacial score (nSPS) is 13.7. The topological polar surface area (TPSA) is 36.4 Å². The summed E-state index contributed by atoms with van der Waals surface area (Å²) < 4.78 is 0. The van der Waals surface area contributed by atoms with Gasteiger partial charge in [-0.15, -0.1) is 0 Å². The van der Waals surface area contributed by atoms with Gasteiger partial charge in [0, 0.05) is 34.9 Å². The molecule has 2 aliphatic heterocycles. The number of para-hydroxylation sites is 5. The molecule has 0 saturated heterocycles. The van der Waals surface area contributed by atoms with E-state index >= 15 is 0 Å². The van der Waals surface area contributed by atoms with Crippen LogP contribution in [0.3, 0.4) is 0 Å². The quantitative estimate of drug-likeness (QED) is 0.188. The molecule has 3 heterocycles. The average Bonchev–Trinajstić information content (AvgIpc) is 3.15. The molecule has 4 nitrogen and oxygen atoms in total. The largest absolute Gasteiger partial charge is 0.310 e. The minimum absolute atomic E-state index is 0.0403. The number of carbonyl (C=O) groups is 1. The number of ketones is 1. The molecule has 47 heavy (non-hydrogen) atoms. The van der Waals surface area contributed by atoms with Crippen LogP contribution in [0.25, 0.3) is 0 Å². The zero-order chi connectivity index (χ0) is 31.4. The Morgan fingerprint density at radius 2 is 0.851 bits per heavy atom. The molecule has 0 N–H and O–H groups in total. The summed E-state index contributed by atoms with van der Waals surface area (Å²) in [4.78, 5) is 22.1. The van der Waals surface area contributed by atoms with E-state index in [-0.39, 0.29) is 5.78 Å². The summed E-state index contributed by atoms with van der Waals surface area (Å²) in [6.07, 6.45) is 3.30. The smallest absolute Gasteiger partial charge is 0.194 e. The molecule has 222 valence electrons. The van der Waals surface area contributed by atoms with Crippen molar-refractivity contribution in [3.63, 3.8) is 0 Å².